The fourth-order valence-corrected chi connectivity index (χ4v) is 11.6. The van der Waals surface area contributed by atoms with Gasteiger partial charge in [0.2, 0.25) is 17.7 Å². The van der Waals surface area contributed by atoms with Gasteiger partial charge in [-0.15, -0.1) is 0 Å². The summed E-state index contributed by atoms with van der Waals surface area (Å²) in [7, 11) is 0. The fourth-order valence-electron chi connectivity index (χ4n) is 11.6. The number of nitrogens with two attached hydrogens (primary N) is 1. The Morgan fingerprint density at radius 1 is 0.917 bits per heavy atom. The van der Waals surface area contributed by atoms with Gasteiger partial charge in [0.05, 0.1) is 47.7 Å². The van der Waals surface area contributed by atoms with Crippen LogP contribution in [0.3, 0.4) is 0 Å². The lowest BCUT2D eigenvalue weighted by molar-refractivity contribution is -0.231. The SMILES string of the molecule is CC(NCCO)C(=O)CCN(CC(C=NCCCNC(=O)C1CC2(CCCCC2)N(O)C12CCCCC2)=NN)C(C)C(=O)CCCCCN1C(=O)[C@@H]2[C@H](C1=O)[C@H]1C=C[C@@H]2C1. The predicted molar refractivity (Wildman–Crippen MR) is 229 cm³/mol. The molecule has 2 heterocycles. The molecule has 6 aliphatic rings. The number of allylic oxidation sites excluding steroid dienone is 2. The number of hydroxylamine groups is 2. The molecule has 60 heavy (non-hydrogen) atoms. The molecule has 5 fully saturated rings. The number of hydrogen-bond acceptors (Lipinski definition) is 13. The Bertz CT molecular complexity index is 1590. The van der Waals surface area contributed by atoms with Crippen molar-refractivity contribution in [1.29, 1.82) is 0 Å². The van der Waals surface area contributed by atoms with E-state index in [2.05, 4.69) is 32.9 Å². The summed E-state index contributed by atoms with van der Waals surface area (Å²) < 4.78 is 0. The van der Waals surface area contributed by atoms with Crippen LogP contribution in [0.15, 0.2) is 22.2 Å². The molecular formula is C45H72N8O7. The molecule has 3 saturated carbocycles. The minimum Gasteiger partial charge on any atom is -0.395 e. The Hall–Kier alpha value is -3.37. The maximum absolute atomic E-state index is 13.7. The van der Waals surface area contributed by atoms with Crippen LogP contribution in [0, 0.1) is 29.6 Å². The van der Waals surface area contributed by atoms with E-state index in [1.807, 2.05) is 11.8 Å². The number of unbranched alkanes of at least 4 members (excludes halogenated alkanes) is 2. The third kappa shape index (κ3) is 10.1. The highest BCUT2D eigenvalue weighted by Gasteiger charge is 2.62. The van der Waals surface area contributed by atoms with Gasteiger partial charge in [0.25, 0.3) is 0 Å². The van der Waals surface area contributed by atoms with Crippen LogP contribution in [-0.4, -0.2) is 135 Å². The van der Waals surface area contributed by atoms with Crippen LogP contribution in [-0.2, 0) is 24.0 Å². The molecule has 2 bridgehead atoms. The highest BCUT2D eigenvalue weighted by atomic mass is 16.5. The van der Waals surface area contributed by atoms with Crippen LogP contribution in [0.25, 0.3) is 0 Å². The number of aliphatic imine (C=N–C) groups is 1. The van der Waals surface area contributed by atoms with Gasteiger partial charge < -0.3 is 26.8 Å². The van der Waals surface area contributed by atoms with E-state index in [9.17, 15) is 34.3 Å². The standard InChI is InChI=1S/C45H72N8O7/c1-31(48-23-26-54)37(55)16-25-51(32(2)38(56)13-6-3-11-24-52-42(58)39-33-14-15-34(27-33)40(39)43(52)59)30-35(50-46)29-47-21-12-22-49-41(57)36-28-44(17-7-4-8-18-44)53(60)45(36)19-9-5-10-20-45/h14-15,29,31-34,36,39-40,48,54,60H,3-13,16-28,30,46H2,1-2H3,(H,49,57)/t31?,32?,33-,34+,36?,39+,40-. The second-order valence-corrected chi connectivity index (χ2v) is 18.7. The van der Waals surface area contributed by atoms with Gasteiger partial charge in [0.15, 0.2) is 5.78 Å². The van der Waals surface area contributed by atoms with Crippen molar-refractivity contribution in [2.24, 2.45) is 45.5 Å². The number of likely N-dealkylation sites (tertiary alicyclic amines) is 1. The van der Waals surface area contributed by atoms with Crippen molar-refractivity contribution in [3.8, 4) is 0 Å². The minimum atomic E-state index is -0.534. The minimum absolute atomic E-state index is 0.0134. The first kappa shape index (κ1) is 46.1. The van der Waals surface area contributed by atoms with E-state index < -0.39 is 17.6 Å². The van der Waals surface area contributed by atoms with Crippen LogP contribution < -0.4 is 16.5 Å². The van der Waals surface area contributed by atoms with Crippen molar-refractivity contribution in [1.82, 2.24) is 25.5 Å². The third-order valence-corrected chi connectivity index (χ3v) is 15.0. The van der Waals surface area contributed by atoms with Gasteiger partial charge in [-0.05, 0) is 83.5 Å². The van der Waals surface area contributed by atoms with Crippen molar-refractivity contribution >= 4 is 41.2 Å². The molecule has 2 spiro atoms. The Kier molecular flexibility index (Phi) is 16.3. The van der Waals surface area contributed by atoms with Crippen LogP contribution in [0.5, 0.6) is 0 Å². The van der Waals surface area contributed by atoms with E-state index in [-0.39, 0.29) is 84.0 Å². The number of nitrogens with one attached hydrogen (secondary N) is 2. The average molecular weight is 837 g/mol. The average Bonchev–Trinajstić information content (AvgIpc) is 4.00. The first-order valence-electron chi connectivity index (χ1n) is 23.2. The molecule has 2 aliphatic heterocycles. The quantitative estimate of drug-likeness (QED) is 0.0251. The molecule has 0 aromatic carbocycles. The largest absolute Gasteiger partial charge is 0.395 e. The molecule has 15 nitrogen and oxygen atoms in total. The number of aliphatic hydroxyl groups is 1. The number of amides is 3. The second-order valence-electron chi connectivity index (χ2n) is 18.7. The van der Waals surface area contributed by atoms with Crippen LogP contribution in [0.4, 0.5) is 0 Å². The van der Waals surface area contributed by atoms with Gasteiger partial charge in [-0.2, -0.15) is 10.2 Å². The van der Waals surface area contributed by atoms with Gasteiger partial charge >= 0.3 is 0 Å². The number of ketones is 2. The summed E-state index contributed by atoms with van der Waals surface area (Å²) in [5, 5.41) is 32.6. The zero-order valence-electron chi connectivity index (χ0n) is 36.2. The van der Waals surface area contributed by atoms with E-state index in [1.54, 1.807) is 18.2 Å². The summed E-state index contributed by atoms with van der Waals surface area (Å²) in [6.45, 7) is 5.58. The van der Waals surface area contributed by atoms with Gasteiger partial charge in [-0.25, -0.2) is 0 Å². The van der Waals surface area contributed by atoms with E-state index in [0.29, 0.717) is 77.0 Å². The normalized spacial score (nSPS) is 28.1. The molecule has 2 saturated heterocycles. The number of imide groups is 1. The first-order chi connectivity index (χ1) is 29.0. The Balaban J connectivity index is 0.963. The van der Waals surface area contributed by atoms with Gasteiger partial charge in [0.1, 0.15) is 5.78 Å². The molecular weight excluding hydrogens is 765 g/mol. The molecule has 4 aliphatic carbocycles. The molecule has 7 atom stereocenters. The highest BCUT2D eigenvalue weighted by molar-refractivity contribution is 6.31. The summed E-state index contributed by atoms with van der Waals surface area (Å²) in [6, 6.07) is -0.985. The first-order valence-corrected chi connectivity index (χ1v) is 23.2. The van der Waals surface area contributed by atoms with Crippen molar-refractivity contribution in [3.63, 3.8) is 0 Å². The molecule has 0 aromatic rings. The van der Waals surface area contributed by atoms with Crippen molar-refractivity contribution in [2.45, 2.75) is 153 Å². The summed E-state index contributed by atoms with van der Waals surface area (Å²) in [4.78, 5) is 74.2. The van der Waals surface area contributed by atoms with Crippen molar-refractivity contribution in [3.05, 3.63) is 12.2 Å². The Labute approximate surface area is 356 Å². The predicted octanol–water partition coefficient (Wildman–Crippen LogP) is 3.55. The van der Waals surface area contributed by atoms with E-state index >= 15 is 0 Å². The number of hydrogen-bond donors (Lipinski definition) is 5. The Morgan fingerprint density at radius 2 is 1.58 bits per heavy atom. The molecule has 0 radical (unpaired) electrons. The smallest absolute Gasteiger partial charge is 0.233 e. The molecule has 0 aromatic heterocycles. The third-order valence-electron chi connectivity index (χ3n) is 15.0. The number of hydrazone groups is 1. The van der Waals surface area contributed by atoms with E-state index in [4.69, 9.17) is 5.84 Å². The van der Waals surface area contributed by atoms with Gasteiger partial charge in [-0.1, -0.05) is 57.1 Å². The zero-order chi connectivity index (χ0) is 42.9. The Morgan fingerprint density at radius 3 is 2.23 bits per heavy atom. The maximum atomic E-state index is 13.7. The second kappa shape index (κ2) is 21.1. The van der Waals surface area contributed by atoms with Gasteiger partial charge in [-0.3, -0.25) is 38.8 Å². The number of aliphatic hydroxyl groups excluding tert-OH is 1. The van der Waals surface area contributed by atoms with E-state index in [1.165, 1.54) is 11.3 Å². The molecule has 3 amide bonds. The topological polar surface area (TPSA) is 210 Å². The number of rotatable bonds is 23. The lowest BCUT2D eigenvalue weighted by atomic mass is 9.72. The molecule has 334 valence electrons. The zero-order valence-corrected chi connectivity index (χ0v) is 36.2. The molecule has 3 unspecified atom stereocenters. The van der Waals surface area contributed by atoms with Crippen molar-refractivity contribution in [2.75, 3.05) is 45.9 Å². The van der Waals surface area contributed by atoms with Crippen LogP contribution in [0.1, 0.15) is 129 Å². The molecule has 15 heteroatoms. The fraction of sp³-hybridized carbons (Fsp3) is 0.800. The maximum Gasteiger partial charge on any atom is 0.233 e. The summed E-state index contributed by atoms with van der Waals surface area (Å²) >= 11 is 0. The monoisotopic (exact) mass is 837 g/mol. The number of carbonyl (C=O) groups is 5. The van der Waals surface area contributed by atoms with Gasteiger partial charge in [0, 0.05) is 63.9 Å². The summed E-state index contributed by atoms with van der Waals surface area (Å²) in [5.74, 6) is 5.51. The number of Topliss-reactive ketones (excluding diaryl/α,β-unsaturated/α-hetero) is 2. The summed E-state index contributed by atoms with van der Waals surface area (Å²) in [5.41, 5.74) is -0.299. The van der Waals surface area contributed by atoms with E-state index in [0.717, 1.165) is 64.2 Å². The number of fused-ring (bicyclic) bond motifs is 5. The highest BCUT2D eigenvalue weighted by Crippen LogP contribution is 2.56. The number of nitrogens with zero attached hydrogens (tertiary/aromatic N) is 5. The summed E-state index contributed by atoms with van der Waals surface area (Å²) in [6.07, 6.45) is 20.7. The lowest BCUT2D eigenvalue weighted by Gasteiger charge is -2.47. The molecule has 6 rings (SSSR count). The number of carbonyl (C=O) groups excluding carboxylic acids is 5. The lowest BCUT2D eigenvalue weighted by Crippen LogP contribution is -2.56. The van der Waals surface area contributed by atoms with Crippen molar-refractivity contribution < 1.29 is 34.3 Å². The molecule has 6 N–H and O–H groups in total. The van der Waals surface area contributed by atoms with Crippen LogP contribution in [0.2, 0.25) is 0 Å². The van der Waals surface area contributed by atoms with Crippen LogP contribution >= 0.6 is 0 Å².